The van der Waals surface area contributed by atoms with Gasteiger partial charge in [0.15, 0.2) is 0 Å². The van der Waals surface area contributed by atoms with Crippen molar-refractivity contribution in [2.45, 2.75) is 13.3 Å². The Bertz CT molecular complexity index is 178. The third kappa shape index (κ3) is 7.49. The van der Waals surface area contributed by atoms with Crippen LogP contribution in [-0.2, 0) is 14.3 Å². The molecule has 0 heterocycles. The van der Waals surface area contributed by atoms with Gasteiger partial charge in [-0.05, 0) is 12.5 Å². The SMILES string of the molecule is CCC=COS(C)(=O)=O. The van der Waals surface area contributed by atoms with Gasteiger partial charge in [0, 0.05) is 0 Å². The Kier molecular flexibility index (Phi) is 3.30. The molecule has 0 saturated carbocycles. The van der Waals surface area contributed by atoms with Gasteiger partial charge in [-0.2, -0.15) is 8.42 Å². The summed E-state index contributed by atoms with van der Waals surface area (Å²) in [7, 11) is -3.28. The van der Waals surface area contributed by atoms with E-state index in [1.54, 1.807) is 6.08 Å². The average Bonchev–Trinajstić information content (AvgIpc) is 1.63. The minimum absolute atomic E-state index is 0.773. The molecule has 0 aliphatic carbocycles. The Morgan fingerprint density at radius 3 is 2.44 bits per heavy atom. The first-order valence-electron chi connectivity index (χ1n) is 2.59. The molecule has 0 rings (SSSR count). The van der Waals surface area contributed by atoms with Gasteiger partial charge < -0.3 is 4.18 Å². The van der Waals surface area contributed by atoms with Gasteiger partial charge in [0.05, 0.1) is 6.26 Å². The van der Waals surface area contributed by atoms with E-state index >= 15 is 0 Å². The highest BCUT2D eigenvalue weighted by atomic mass is 32.2. The molecule has 4 heteroatoms. The number of allylic oxidation sites excluding steroid dienone is 1. The second-order valence-corrected chi connectivity index (χ2v) is 3.18. The topological polar surface area (TPSA) is 43.4 Å². The summed E-state index contributed by atoms with van der Waals surface area (Å²) in [6.07, 6.45) is 4.58. The molecule has 0 radical (unpaired) electrons. The Morgan fingerprint density at radius 1 is 1.56 bits per heavy atom. The maximum Gasteiger partial charge on any atom is 0.305 e. The van der Waals surface area contributed by atoms with E-state index in [1.807, 2.05) is 6.92 Å². The van der Waals surface area contributed by atoms with Crippen LogP contribution < -0.4 is 0 Å². The van der Waals surface area contributed by atoms with Crippen molar-refractivity contribution in [2.24, 2.45) is 0 Å². The first-order chi connectivity index (χ1) is 4.06. The molecule has 0 saturated heterocycles. The minimum Gasteiger partial charge on any atom is -0.391 e. The van der Waals surface area contributed by atoms with E-state index in [9.17, 15) is 8.42 Å². The molecule has 0 aromatic heterocycles. The lowest BCUT2D eigenvalue weighted by Crippen LogP contribution is -1.95. The first kappa shape index (κ1) is 8.49. The summed E-state index contributed by atoms with van der Waals surface area (Å²) in [5.74, 6) is 0. The van der Waals surface area contributed by atoms with Gasteiger partial charge in [-0.3, -0.25) is 0 Å². The van der Waals surface area contributed by atoms with Crippen molar-refractivity contribution in [1.29, 1.82) is 0 Å². The lowest BCUT2D eigenvalue weighted by atomic mass is 10.5. The summed E-state index contributed by atoms with van der Waals surface area (Å²) in [6.45, 7) is 1.89. The Balaban J connectivity index is 3.65. The van der Waals surface area contributed by atoms with Crippen molar-refractivity contribution >= 4 is 10.1 Å². The van der Waals surface area contributed by atoms with Crippen LogP contribution in [0.2, 0.25) is 0 Å². The monoisotopic (exact) mass is 150 g/mol. The summed E-state index contributed by atoms with van der Waals surface area (Å²) in [4.78, 5) is 0. The molecular weight excluding hydrogens is 140 g/mol. The molecule has 0 fully saturated rings. The predicted octanol–water partition coefficient (Wildman–Crippen LogP) is 0.886. The molecule has 0 atom stereocenters. The number of hydrogen-bond acceptors (Lipinski definition) is 3. The van der Waals surface area contributed by atoms with Gasteiger partial charge in [0.1, 0.15) is 6.26 Å². The summed E-state index contributed by atoms with van der Waals surface area (Å²) in [5.41, 5.74) is 0. The maximum absolute atomic E-state index is 10.2. The van der Waals surface area contributed by atoms with Crippen LogP contribution in [0, 0.1) is 0 Å². The fraction of sp³-hybridized carbons (Fsp3) is 0.600. The van der Waals surface area contributed by atoms with Crippen LogP contribution >= 0.6 is 0 Å². The fourth-order valence-corrected chi connectivity index (χ4v) is 0.517. The summed E-state index contributed by atoms with van der Waals surface area (Å²) in [6, 6.07) is 0. The second kappa shape index (κ2) is 3.50. The van der Waals surface area contributed by atoms with Crippen molar-refractivity contribution in [2.75, 3.05) is 6.26 Å². The third-order valence-electron chi connectivity index (χ3n) is 0.562. The van der Waals surface area contributed by atoms with Crippen LogP contribution in [0.4, 0.5) is 0 Å². The second-order valence-electron chi connectivity index (χ2n) is 1.58. The van der Waals surface area contributed by atoms with Gasteiger partial charge in [0.25, 0.3) is 0 Å². The van der Waals surface area contributed by atoms with Crippen molar-refractivity contribution in [3.8, 4) is 0 Å². The highest BCUT2D eigenvalue weighted by Gasteiger charge is 1.93. The van der Waals surface area contributed by atoms with E-state index in [0.29, 0.717) is 0 Å². The molecule has 0 aliphatic rings. The predicted molar refractivity (Wildman–Crippen MR) is 35.4 cm³/mol. The fourth-order valence-electron chi connectivity index (χ4n) is 0.236. The Labute approximate surface area is 55.5 Å². The van der Waals surface area contributed by atoms with E-state index in [0.717, 1.165) is 12.7 Å². The standard InChI is InChI=1S/C5H10O3S/c1-3-4-5-8-9(2,6)7/h4-5H,3H2,1-2H3. The van der Waals surface area contributed by atoms with E-state index in [2.05, 4.69) is 4.18 Å². The summed E-state index contributed by atoms with van der Waals surface area (Å²) >= 11 is 0. The van der Waals surface area contributed by atoms with E-state index in [-0.39, 0.29) is 0 Å². The quantitative estimate of drug-likeness (QED) is 0.443. The highest BCUT2D eigenvalue weighted by Crippen LogP contribution is 1.88. The van der Waals surface area contributed by atoms with Crippen molar-refractivity contribution in [3.63, 3.8) is 0 Å². The van der Waals surface area contributed by atoms with Crippen LogP contribution in [-0.4, -0.2) is 14.7 Å². The van der Waals surface area contributed by atoms with Crippen LogP contribution in [0.15, 0.2) is 12.3 Å². The van der Waals surface area contributed by atoms with Gasteiger partial charge in [-0.1, -0.05) is 6.92 Å². The van der Waals surface area contributed by atoms with Crippen molar-refractivity contribution in [1.82, 2.24) is 0 Å². The van der Waals surface area contributed by atoms with Gasteiger partial charge >= 0.3 is 10.1 Å². The van der Waals surface area contributed by atoms with Crippen LogP contribution in [0.25, 0.3) is 0 Å². The molecule has 0 N–H and O–H groups in total. The maximum atomic E-state index is 10.2. The largest absolute Gasteiger partial charge is 0.391 e. The zero-order valence-corrected chi connectivity index (χ0v) is 6.31. The molecule has 0 aromatic carbocycles. The Morgan fingerprint density at radius 2 is 2.11 bits per heavy atom. The smallest absolute Gasteiger partial charge is 0.305 e. The molecule has 0 aromatic rings. The molecule has 0 unspecified atom stereocenters. The van der Waals surface area contributed by atoms with Crippen LogP contribution in [0.3, 0.4) is 0 Å². The molecule has 3 nitrogen and oxygen atoms in total. The van der Waals surface area contributed by atoms with Crippen LogP contribution in [0.5, 0.6) is 0 Å². The molecule has 0 amide bonds. The lowest BCUT2D eigenvalue weighted by Gasteiger charge is -1.91. The number of hydrogen-bond donors (Lipinski definition) is 0. The average molecular weight is 150 g/mol. The van der Waals surface area contributed by atoms with Crippen LogP contribution in [0.1, 0.15) is 13.3 Å². The van der Waals surface area contributed by atoms with Crippen molar-refractivity contribution < 1.29 is 12.6 Å². The normalized spacial score (nSPS) is 12.2. The molecule has 54 valence electrons. The Hall–Kier alpha value is -0.510. The zero-order chi connectivity index (χ0) is 7.33. The molecule has 9 heavy (non-hydrogen) atoms. The van der Waals surface area contributed by atoms with Gasteiger partial charge in [0.2, 0.25) is 0 Å². The molecule has 0 spiro atoms. The highest BCUT2D eigenvalue weighted by molar-refractivity contribution is 7.86. The van der Waals surface area contributed by atoms with E-state index in [4.69, 9.17) is 0 Å². The first-order valence-corrected chi connectivity index (χ1v) is 4.41. The van der Waals surface area contributed by atoms with Gasteiger partial charge in [-0.25, -0.2) is 0 Å². The third-order valence-corrected chi connectivity index (χ3v) is 1.02. The van der Waals surface area contributed by atoms with E-state index in [1.165, 1.54) is 6.26 Å². The van der Waals surface area contributed by atoms with Crippen molar-refractivity contribution in [3.05, 3.63) is 12.3 Å². The number of rotatable bonds is 3. The van der Waals surface area contributed by atoms with E-state index < -0.39 is 10.1 Å². The summed E-state index contributed by atoms with van der Waals surface area (Å²) < 4.78 is 24.7. The zero-order valence-electron chi connectivity index (χ0n) is 5.49. The lowest BCUT2D eigenvalue weighted by molar-refractivity contribution is 0.448. The molecule has 0 bridgehead atoms. The van der Waals surface area contributed by atoms with Gasteiger partial charge in [-0.15, -0.1) is 0 Å². The minimum atomic E-state index is -3.28. The molecule has 0 aliphatic heterocycles. The molecular formula is C5H10O3S. The summed E-state index contributed by atoms with van der Waals surface area (Å²) in [5, 5.41) is 0.